The summed E-state index contributed by atoms with van der Waals surface area (Å²) >= 11 is 0. The molecule has 0 heteroatoms. The molecule has 0 N–H and O–H groups in total. The molecule has 4 aliphatic rings. The van der Waals surface area contributed by atoms with Gasteiger partial charge in [-0.2, -0.15) is 0 Å². The Hall–Kier alpha value is 0. The first-order chi connectivity index (χ1) is 6.87. The highest BCUT2D eigenvalue weighted by Crippen LogP contribution is 2.82. The van der Waals surface area contributed by atoms with Crippen molar-refractivity contribution in [2.75, 3.05) is 0 Å². The number of hydrogen-bond acceptors (Lipinski definition) is 0. The molecule has 0 unspecified atom stereocenters. The van der Waals surface area contributed by atoms with Crippen LogP contribution in [0.25, 0.3) is 0 Å². The molecule has 0 heterocycles. The average molecular weight is 190 g/mol. The van der Waals surface area contributed by atoms with Gasteiger partial charge in [0.1, 0.15) is 0 Å². The molecule has 0 amide bonds. The van der Waals surface area contributed by atoms with Gasteiger partial charge in [-0.3, -0.25) is 0 Å². The number of fused-ring (bicyclic) bond motifs is 3. The first kappa shape index (κ1) is 8.19. The molecule has 0 spiro atoms. The van der Waals surface area contributed by atoms with E-state index in [-0.39, 0.29) is 0 Å². The van der Waals surface area contributed by atoms with Crippen LogP contribution in [0.5, 0.6) is 0 Å². The van der Waals surface area contributed by atoms with Crippen LogP contribution in [0.3, 0.4) is 0 Å². The fourth-order valence-corrected chi connectivity index (χ4v) is 5.51. The molecule has 0 aromatic carbocycles. The van der Waals surface area contributed by atoms with E-state index in [0.29, 0.717) is 0 Å². The predicted octanol–water partition coefficient (Wildman–Crippen LogP) is 4.15. The van der Waals surface area contributed by atoms with E-state index in [1.807, 2.05) is 0 Å². The van der Waals surface area contributed by atoms with Crippen molar-refractivity contribution < 1.29 is 0 Å². The second-order valence-electron chi connectivity index (χ2n) is 6.61. The van der Waals surface area contributed by atoms with Gasteiger partial charge in [-0.1, -0.05) is 25.7 Å². The molecule has 0 aliphatic heterocycles. The highest BCUT2D eigenvalue weighted by molar-refractivity contribution is 5.23. The Labute approximate surface area is 87.5 Å². The SMILES string of the molecule is C1CC[C@@]2([C@@]34CCCC[C@@H]3C4)C[C@H]2C1. The molecule has 0 aromatic rings. The van der Waals surface area contributed by atoms with Crippen LogP contribution in [0.4, 0.5) is 0 Å². The second kappa shape index (κ2) is 2.39. The van der Waals surface area contributed by atoms with Gasteiger partial charge in [-0.25, -0.2) is 0 Å². The highest BCUT2D eigenvalue weighted by Gasteiger charge is 2.74. The van der Waals surface area contributed by atoms with E-state index >= 15 is 0 Å². The van der Waals surface area contributed by atoms with Crippen molar-refractivity contribution in [3.05, 3.63) is 0 Å². The summed E-state index contributed by atoms with van der Waals surface area (Å²) in [4.78, 5) is 0. The van der Waals surface area contributed by atoms with Crippen LogP contribution < -0.4 is 0 Å². The topological polar surface area (TPSA) is 0 Å². The Morgan fingerprint density at radius 3 is 1.57 bits per heavy atom. The molecule has 0 saturated heterocycles. The molecular weight excluding hydrogens is 168 g/mol. The molecule has 0 bridgehead atoms. The van der Waals surface area contributed by atoms with Gasteiger partial charge in [0.15, 0.2) is 0 Å². The predicted molar refractivity (Wildman–Crippen MR) is 58.0 cm³/mol. The van der Waals surface area contributed by atoms with Crippen molar-refractivity contribution in [3.63, 3.8) is 0 Å². The van der Waals surface area contributed by atoms with Gasteiger partial charge in [0, 0.05) is 0 Å². The van der Waals surface area contributed by atoms with Gasteiger partial charge in [0.05, 0.1) is 0 Å². The lowest BCUT2D eigenvalue weighted by atomic mass is 9.70. The van der Waals surface area contributed by atoms with Crippen LogP contribution in [0.2, 0.25) is 0 Å². The van der Waals surface area contributed by atoms with Crippen molar-refractivity contribution in [2.24, 2.45) is 22.7 Å². The summed E-state index contributed by atoms with van der Waals surface area (Å²) in [6.45, 7) is 0. The van der Waals surface area contributed by atoms with Crippen LogP contribution in [-0.2, 0) is 0 Å². The first-order valence-corrected chi connectivity index (χ1v) is 6.87. The van der Waals surface area contributed by atoms with Crippen LogP contribution in [0.15, 0.2) is 0 Å². The van der Waals surface area contributed by atoms with Crippen LogP contribution in [0, 0.1) is 22.7 Å². The van der Waals surface area contributed by atoms with Gasteiger partial charge < -0.3 is 0 Å². The quantitative estimate of drug-likeness (QED) is 0.583. The molecule has 4 rings (SSSR count). The molecule has 4 aliphatic carbocycles. The lowest BCUT2D eigenvalue weighted by molar-refractivity contribution is 0.146. The van der Waals surface area contributed by atoms with E-state index in [2.05, 4.69) is 0 Å². The van der Waals surface area contributed by atoms with Gasteiger partial charge >= 0.3 is 0 Å². The van der Waals surface area contributed by atoms with E-state index in [0.717, 1.165) is 10.8 Å². The minimum atomic E-state index is 0.927. The zero-order chi connectivity index (χ0) is 9.23. The molecule has 0 radical (unpaired) electrons. The van der Waals surface area contributed by atoms with Crippen molar-refractivity contribution in [3.8, 4) is 0 Å². The van der Waals surface area contributed by atoms with Crippen molar-refractivity contribution >= 4 is 0 Å². The van der Waals surface area contributed by atoms with E-state index in [1.165, 1.54) is 11.8 Å². The van der Waals surface area contributed by atoms with Gasteiger partial charge in [-0.15, -0.1) is 0 Å². The van der Waals surface area contributed by atoms with Crippen LogP contribution in [0.1, 0.15) is 64.2 Å². The maximum Gasteiger partial charge on any atom is -0.0207 e. The normalized spacial score (nSPS) is 60.0. The zero-order valence-electron chi connectivity index (χ0n) is 9.23. The van der Waals surface area contributed by atoms with E-state index in [1.54, 1.807) is 64.2 Å². The Morgan fingerprint density at radius 2 is 1.14 bits per heavy atom. The third kappa shape index (κ3) is 0.785. The largest absolute Gasteiger partial charge is 0.0530 e. The molecule has 78 valence electrons. The highest BCUT2D eigenvalue weighted by atomic mass is 14.8. The van der Waals surface area contributed by atoms with Crippen molar-refractivity contribution in [1.29, 1.82) is 0 Å². The minimum Gasteiger partial charge on any atom is -0.0530 e. The lowest BCUT2D eigenvalue weighted by Crippen LogP contribution is -2.26. The van der Waals surface area contributed by atoms with E-state index < -0.39 is 0 Å². The summed E-state index contributed by atoms with van der Waals surface area (Å²) in [5.74, 6) is 2.39. The zero-order valence-corrected chi connectivity index (χ0v) is 9.23. The summed E-state index contributed by atoms with van der Waals surface area (Å²) in [5, 5.41) is 0. The maximum absolute atomic E-state index is 1.64. The number of hydrogen-bond donors (Lipinski definition) is 0. The average Bonchev–Trinajstić information content (AvgIpc) is 3.11. The Bertz CT molecular complexity index is 241. The van der Waals surface area contributed by atoms with Gasteiger partial charge in [-0.05, 0) is 61.2 Å². The minimum absolute atomic E-state index is 0.927. The Balaban J connectivity index is 1.63. The summed E-state index contributed by atoms with van der Waals surface area (Å²) in [5.41, 5.74) is 1.85. The molecule has 0 aromatic heterocycles. The fourth-order valence-electron chi connectivity index (χ4n) is 5.51. The first-order valence-electron chi connectivity index (χ1n) is 6.87. The Kier molecular flexibility index (Phi) is 1.40. The maximum atomic E-state index is 1.64. The number of rotatable bonds is 1. The summed E-state index contributed by atoms with van der Waals surface area (Å²) in [7, 11) is 0. The molecular formula is C14H22. The smallest absolute Gasteiger partial charge is 0.0207 e. The summed E-state index contributed by atoms with van der Waals surface area (Å²) in [6.07, 6.45) is 15.9. The second-order valence-corrected chi connectivity index (χ2v) is 6.61. The van der Waals surface area contributed by atoms with Gasteiger partial charge in [0.25, 0.3) is 0 Å². The van der Waals surface area contributed by atoms with Crippen molar-refractivity contribution in [1.82, 2.24) is 0 Å². The molecule has 4 fully saturated rings. The molecule has 0 nitrogen and oxygen atoms in total. The standard InChI is InChI=1S/C14H22/c1-3-7-13(9-11(13)5-1)14-8-4-2-6-12(14)10-14/h11-12H,1-10H2/t11-,12-,13-,14-/m1/s1. The summed E-state index contributed by atoms with van der Waals surface area (Å²) in [6, 6.07) is 0. The van der Waals surface area contributed by atoms with Crippen LogP contribution >= 0.6 is 0 Å². The lowest BCUT2D eigenvalue weighted by Gasteiger charge is -2.35. The summed E-state index contributed by atoms with van der Waals surface area (Å²) < 4.78 is 0. The van der Waals surface area contributed by atoms with Gasteiger partial charge in [0.2, 0.25) is 0 Å². The monoisotopic (exact) mass is 190 g/mol. The van der Waals surface area contributed by atoms with E-state index in [4.69, 9.17) is 0 Å². The van der Waals surface area contributed by atoms with E-state index in [9.17, 15) is 0 Å². The third-order valence-corrected chi connectivity index (χ3v) is 6.31. The third-order valence-electron chi connectivity index (χ3n) is 6.31. The van der Waals surface area contributed by atoms with Crippen LogP contribution in [-0.4, -0.2) is 0 Å². The molecule has 4 saturated carbocycles. The fraction of sp³-hybridized carbons (Fsp3) is 1.00. The van der Waals surface area contributed by atoms with Crippen molar-refractivity contribution in [2.45, 2.75) is 64.2 Å². The molecule has 4 atom stereocenters. The molecule has 14 heavy (non-hydrogen) atoms. The Morgan fingerprint density at radius 1 is 0.643 bits per heavy atom.